The Labute approximate surface area is 85.3 Å². The number of hydrogen-bond donors (Lipinski definition) is 2. The lowest BCUT2D eigenvalue weighted by molar-refractivity contribution is -0.119. The number of carbonyl (C=O) groups is 1. The molecule has 0 aromatic rings. The fourth-order valence-electron chi connectivity index (χ4n) is 0.416. The summed E-state index contributed by atoms with van der Waals surface area (Å²) in [6, 6.07) is 0. The standard InChI is InChI=1S/C6H8Cl3NO2/c1-2-3-4(11)10-5(12)6(7,8)9/h2-3,5,12H,1H3,(H,10,11)/b3-2+/t5-/m0/s1. The van der Waals surface area contributed by atoms with E-state index in [4.69, 9.17) is 39.9 Å². The Balaban J connectivity index is 4.01. The highest BCUT2D eigenvalue weighted by Gasteiger charge is 2.31. The molecule has 0 spiro atoms. The van der Waals surface area contributed by atoms with Crippen LogP contribution in [0, 0.1) is 0 Å². The summed E-state index contributed by atoms with van der Waals surface area (Å²) in [4.78, 5) is 10.8. The van der Waals surface area contributed by atoms with Crippen LogP contribution in [-0.2, 0) is 4.79 Å². The molecule has 1 atom stereocenters. The second-order valence-electron chi connectivity index (χ2n) is 1.95. The summed E-state index contributed by atoms with van der Waals surface area (Å²) < 4.78 is -1.91. The van der Waals surface area contributed by atoms with Crippen LogP contribution in [0.25, 0.3) is 0 Å². The molecular weight excluding hydrogens is 224 g/mol. The van der Waals surface area contributed by atoms with Gasteiger partial charge in [-0.05, 0) is 13.0 Å². The highest BCUT2D eigenvalue weighted by Crippen LogP contribution is 2.28. The van der Waals surface area contributed by atoms with Crippen molar-refractivity contribution in [3.63, 3.8) is 0 Å². The number of hydrogen-bond acceptors (Lipinski definition) is 2. The van der Waals surface area contributed by atoms with Crippen LogP contribution in [0.1, 0.15) is 6.92 Å². The number of alkyl halides is 3. The zero-order valence-electron chi connectivity index (χ0n) is 6.22. The van der Waals surface area contributed by atoms with Gasteiger partial charge < -0.3 is 10.4 Å². The maximum Gasteiger partial charge on any atom is 0.245 e. The fourth-order valence-corrected chi connectivity index (χ4v) is 0.580. The zero-order valence-corrected chi connectivity index (χ0v) is 8.49. The molecule has 2 N–H and O–H groups in total. The Morgan fingerprint density at radius 2 is 2.08 bits per heavy atom. The van der Waals surface area contributed by atoms with Crippen LogP contribution in [0.5, 0.6) is 0 Å². The first-order valence-corrected chi connectivity index (χ1v) is 4.19. The molecule has 3 nitrogen and oxygen atoms in total. The van der Waals surface area contributed by atoms with E-state index in [1.807, 2.05) is 0 Å². The lowest BCUT2D eigenvalue weighted by atomic mass is 10.5. The second kappa shape index (κ2) is 4.92. The Morgan fingerprint density at radius 3 is 2.42 bits per heavy atom. The summed E-state index contributed by atoms with van der Waals surface area (Å²) in [5, 5.41) is 11.1. The van der Waals surface area contributed by atoms with Crippen molar-refractivity contribution in [2.45, 2.75) is 16.9 Å². The topological polar surface area (TPSA) is 49.3 Å². The summed E-state index contributed by atoms with van der Waals surface area (Å²) in [7, 11) is 0. The molecule has 0 aliphatic carbocycles. The van der Waals surface area contributed by atoms with Crippen molar-refractivity contribution in [1.29, 1.82) is 0 Å². The van der Waals surface area contributed by atoms with Crippen molar-refractivity contribution in [3.8, 4) is 0 Å². The van der Waals surface area contributed by atoms with Gasteiger partial charge >= 0.3 is 0 Å². The molecule has 0 aromatic carbocycles. The quantitative estimate of drug-likeness (QED) is 0.429. The highest BCUT2D eigenvalue weighted by atomic mass is 35.6. The first-order valence-electron chi connectivity index (χ1n) is 3.06. The fraction of sp³-hybridized carbons (Fsp3) is 0.500. The van der Waals surface area contributed by atoms with E-state index in [1.54, 1.807) is 6.92 Å². The Kier molecular flexibility index (Phi) is 4.94. The minimum atomic E-state index is -1.91. The molecule has 0 aliphatic rings. The zero-order chi connectivity index (χ0) is 9.78. The molecule has 0 unspecified atom stereocenters. The second-order valence-corrected chi connectivity index (χ2v) is 4.32. The van der Waals surface area contributed by atoms with Gasteiger partial charge in [-0.2, -0.15) is 0 Å². The van der Waals surface area contributed by atoms with Crippen LogP contribution < -0.4 is 5.32 Å². The van der Waals surface area contributed by atoms with Gasteiger partial charge in [0, 0.05) is 0 Å². The third-order valence-electron chi connectivity index (χ3n) is 0.907. The molecule has 1 amide bonds. The number of nitrogens with one attached hydrogen (secondary N) is 1. The van der Waals surface area contributed by atoms with Gasteiger partial charge in [0.25, 0.3) is 0 Å². The molecule has 0 heterocycles. The largest absolute Gasteiger partial charge is 0.369 e. The van der Waals surface area contributed by atoms with E-state index in [2.05, 4.69) is 5.32 Å². The molecule has 0 saturated heterocycles. The van der Waals surface area contributed by atoms with Crippen LogP contribution >= 0.6 is 34.8 Å². The maximum absolute atomic E-state index is 10.8. The predicted octanol–water partition coefficient (Wildman–Crippen LogP) is 1.37. The summed E-state index contributed by atoms with van der Waals surface area (Å²) >= 11 is 15.8. The van der Waals surface area contributed by atoms with Gasteiger partial charge in [-0.3, -0.25) is 4.79 Å². The number of aliphatic hydroxyl groups is 1. The van der Waals surface area contributed by atoms with Gasteiger partial charge in [-0.1, -0.05) is 40.9 Å². The third-order valence-corrected chi connectivity index (χ3v) is 1.53. The molecule has 0 radical (unpaired) electrons. The van der Waals surface area contributed by atoms with Crippen molar-refractivity contribution in [2.75, 3.05) is 0 Å². The highest BCUT2D eigenvalue weighted by molar-refractivity contribution is 6.68. The monoisotopic (exact) mass is 231 g/mol. The van der Waals surface area contributed by atoms with Gasteiger partial charge in [0.15, 0.2) is 6.23 Å². The van der Waals surface area contributed by atoms with Crippen molar-refractivity contribution in [1.82, 2.24) is 5.32 Å². The Morgan fingerprint density at radius 1 is 1.58 bits per heavy atom. The van der Waals surface area contributed by atoms with E-state index < -0.39 is 15.9 Å². The predicted molar refractivity (Wildman–Crippen MR) is 49.3 cm³/mol. The summed E-state index contributed by atoms with van der Waals surface area (Å²) in [6.45, 7) is 1.65. The number of rotatable bonds is 2. The van der Waals surface area contributed by atoms with Gasteiger partial charge in [-0.15, -0.1) is 0 Å². The summed E-state index contributed by atoms with van der Waals surface area (Å²) in [5.74, 6) is -0.517. The van der Waals surface area contributed by atoms with Crippen LogP contribution in [0.15, 0.2) is 12.2 Å². The molecule has 0 rings (SSSR count). The summed E-state index contributed by atoms with van der Waals surface area (Å²) in [5.41, 5.74) is 0. The van der Waals surface area contributed by atoms with E-state index in [9.17, 15) is 4.79 Å². The van der Waals surface area contributed by atoms with E-state index in [-0.39, 0.29) is 0 Å². The Hall–Kier alpha value is 0.0400. The lowest BCUT2D eigenvalue weighted by Gasteiger charge is -2.18. The lowest BCUT2D eigenvalue weighted by Crippen LogP contribution is -2.42. The van der Waals surface area contributed by atoms with Crippen LogP contribution in [0.4, 0.5) is 0 Å². The van der Waals surface area contributed by atoms with E-state index in [0.29, 0.717) is 0 Å². The first-order chi connectivity index (χ1) is 5.38. The summed E-state index contributed by atoms with van der Waals surface area (Å²) in [6.07, 6.45) is 1.20. The van der Waals surface area contributed by atoms with Crippen LogP contribution in [-0.4, -0.2) is 21.0 Å². The number of amides is 1. The maximum atomic E-state index is 10.8. The molecule has 0 aliphatic heterocycles. The van der Waals surface area contributed by atoms with E-state index in [0.717, 1.165) is 0 Å². The van der Waals surface area contributed by atoms with Crippen LogP contribution in [0.2, 0.25) is 0 Å². The van der Waals surface area contributed by atoms with Crippen molar-refractivity contribution in [3.05, 3.63) is 12.2 Å². The Bertz CT molecular complexity index is 188. The number of aliphatic hydroxyl groups excluding tert-OH is 1. The molecule has 6 heteroatoms. The molecule has 0 fully saturated rings. The molecule has 70 valence electrons. The SMILES string of the molecule is C/C=C/C(=O)N[C@@H](O)C(Cl)(Cl)Cl. The van der Waals surface area contributed by atoms with Crippen LogP contribution in [0.3, 0.4) is 0 Å². The average Bonchev–Trinajstić information content (AvgIpc) is 1.85. The molecule has 0 bridgehead atoms. The number of allylic oxidation sites excluding steroid dienone is 1. The van der Waals surface area contributed by atoms with Crippen molar-refractivity contribution < 1.29 is 9.90 Å². The number of halogens is 3. The first kappa shape index (κ1) is 12.0. The van der Waals surface area contributed by atoms with Crippen molar-refractivity contribution in [2.24, 2.45) is 0 Å². The third kappa shape index (κ3) is 4.83. The van der Waals surface area contributed by atoms with Gasteiger partial charge in [0.05, 0.1) is 0 Å². The molecule has 12 heavy (non-hydrogen) atoms. The minimum Gasteiger partial charge on any atom is -0.369 e. The normalized spacial score (nSPS) is 14.8. The molecular formula is C6H8Cl3NO2. The van der Waals surface area contributed by atoms with Gasteiger partial charge in [0.1, 0.15) is 0 Å². The molecule has 0 aromatic heterocycles. The smallest absolute Gasteiger partial charge is 0.245 e. The van der Waals surface area contributed by atoms with E-state index >= 15 is 0 Å². The molecule has 0 saturated carbocycles. The van der Waals surface area contributed by atoms with Crippen molar-refractivity contribution >= 4 is 40.7 Å². The van der Waals surface area contributed by atoms with Gasteiger partial charge in [-0.25, -0.2) is 0 Å². The number of carbonyl (C=O) groups excluding carboxylic acids is 1. The van der Waals surface area contributed by atoms with E-state index in [1.165, 1.54) is 12.2 Å². The van der Waals surface area contributed by atoms with Gasteiger partial charge in [0.2, 0.25) is 9.70 Å². The average molecular weight is 232 g/mol. The minimum absolute atomic E-state index is 0.517.